The van der Waals surface area contributed by atoms with Crippen molar-refractivity contribution in [2.24, 2.45) is 5.92 Å². The smallest absolute Gasteiger partial charge is 0.162 e. The Morgan fingerprint density at radius 3 is 2.38 bits per heavy atom. The lowest BCUT2D eigenvalue weighted by Crippen LogP contribution is -2.17. The summed E-state index contributed by atoms with van der Waals surface area (Å²) in [4.78, 5) is 0. The first kappa shape index (κ1) is 17.0. The Labute approximate surface area is 139 Å². The minimum Gasteiger partial charge on any atom is -0.207 e. The minimum absolute atomic E-state index is 0.0951. The van der Waals surface area contributed by atoms with Gasteiger partial charge in [-0.2, -0.15) is 0 Å². The predicted molar refractivity (Wildman–Crippen MR) is 85.9 cm³/mol. The number of aryl methyl sites for hydroxylation is 2. The molecule has 1 atom stereocenters. The Morgan fingerprint density at radius 2 is 1.71 bits per heavy atom. The van der Waals surface area contributed by atoms with Crippen molar-refractivity contribution >= 4 is 0 Å². The van der Waals surface area contributed by atoms with Crippen LogP contribution in [-0.2, 0) is 25.7 Å². The molecule has 0 nitrogen and oxygen atoms in total. The summed E-state index contributed by atoms with van der Waals surface area (Å²) in [5.41, 5.74) is 2.00. The normalized spacial score (nSPS) is 17.0. The monoisotopic (exact) mass is 336 g/mol. The minimum atomic E-state index is -0.832. The summed E-state index contributed by atoms with van der Waals surface area (Å²) in [6.45, 7) is 1.85. The zero-order valence-electron chi connectivity index (χ0n) is 13.6. The van der Waals surface area contributed by atoms with Gasteiger partial charge in [-0.1, -0.05) is 13.0 Å². The highest BCUT2D eigenvalue weighted by atomic mass is 19.2. The van der Waals surface area contributed by atoms with Gasteiger partial charge >= 0.3 is 0 Å². The number of rotatable bonds is 4. The van der Waals surface area contributed by atoms with Crippen molar-refractivity contribution < 1.29 is 17.6 Å². The summed E-state index contributed by atoms with van der Waals surface area (Å²) in [6, 6.07) is 5.55. The molecule has 0 aromatic heterocycles. The van der Waals surface area contributed by atoms with Gasteiger partial charge < -0.3 is 0 Å². The highest BCUT2D eigenvalue weighted by Gasteiger charge is 2.24. The maximum absolute atomic E-state index is 14.1. The third kappa shape index (κ3) is 3.33. The van der Waals surface area contributed by atoms with Gasteiger partial charge in [0.1, 0.15) is 11.6 Å². The van der Waals surface area contributed by atoms with Crippen LogP contribution in [0.4, 0.5) is 17.6 Å². The van der Waals surface area contributed by atoms with E-state index in [4.69, 9.17) is 0 Å². The van der Waals surface area contributed by atoms with Gasteiger partial charge in [0, 0.05) is 5.56 Å². The van der Waals surface area contributed by atoms with Crippen molar-refractivity contribution in [2.45, 2.75) is 45.4 Å². The van der Waals surface area contributed by atoms with E-state index in [1.165, 1.54) is 12.1 Å². The molecule has 128 valence electrons. The van der Waals surface area contributed by atoms with Crippen LogP contribution in [0.2, 0.25) is 0 Å². The first-order chi connectivity index (χ1) is 11.5. The molecule has 1 aliphatic rings. The fourth-order valence-electron chi connectivity index (χ4n) is 3.53. The molecular weight excluding hydrogens is 316 g/mol. The molecule has 0 saturated heterocycles. The second-order valence-electron chi connectivity index (χ2n) is 6.54. The van der Waals surface area contributed by atoms with Crippen LogP contribution in [0.3, 0.4) is 0 Å². The number of halogens is 4. The molecule has 2 aromatic carbocycles. The summed E-state index contributed by atoms with van der Waals surface area (Å²) in [5.74, 6) is -2.53. The summed E-state index contributed by atoms with van der Waals surface area (Å²) in [6.07, 6.45) is 3.35. The van der Waals surface area contributed by atoms with E-state index in [9.17, 15) is 17.6 Å². The molecule has 0 bridgehead atoms. The van der Waals surface area contributed by atoms with Crippen LogP contribution in [0, 0.1) is 29.2 Å². The van der Waals surface area contributed by atoms with Crippen LogP contribution in [0.5, 0.6) is 0 Å². The fraction of sp³-hybridized carbons (Fsp3) is 0.400. The topological polar surface area (TPSA) is 0 Å². The highest BCUT2D eigenvalue weighted by Crippen LogP contribution is 2.31. The van der Waals surface area contributed by atoms with Crippen molar-refractivity contribution in [3.05, 3.63) is 69.8 Å². The molecule has 24 heavy (non-hydrogen) atoms. The molecule has 1 unspecified atom stereocenters. The molecule has 0 saturated carbocycles. The van der Waals surface area contributed by atoms with Crippen LogP contribution in [0.1, 0.15) is 42.0 Å². The Balaban J connectivity index is 1.71. The summed E-state index contributed by atoms with van der Waals surface area (Å²) in [7, 11) is 0. The van der Waals surface area contributed by atoms with Gasteiger partial charge in [-0.15, -0.1) is 0 Å². The molecule has 0 spiro atoms. The quantitative estimate of drug-likeness (QED) is 0.643. The number of hydrogen-bond acceptors (Lipinski definition) is 0. The lowest BCUT2D eigenvalue weighted by atomic mass is 9.80. The van der Waals surface area contributed by atoms with Crippen molar-refractivity contribution in [3.8, 4) is 0 Å². The molecule has 0 fully saturated rings. The molecule has 0 N–H and O–H groups in total. The maximum atomic E-state index is 14.1. The van der Waals surface area contributed by atoms with Crippen LogP contribution >= 0.6 is 0 Å². The number of benzene rings is 2. The highest BCUT2D eigenvalue weighted by molar-refractivity contribution is 5.32. The van der Waals surface area contributed by atoms with E-state index in [0.717, 1.165) is 18.1 Å². The molecule has 3 rings (SSSR count). The largest absolute Gasteiger partial charge is 0.207 e. The third-order valence-electron chi connectivity index (χ3n) is 5.02. The van der Waals surface area contributed by atoms with Gasteiger partial charge in [0.25, 0.3) is 0 Å². The van der Waals surface area contributed by atoms with E-state index in [2.05, 4.69) is 0 Å². The van der Waals surface area contributed by atoms with E-state index in [1.54, 1.807) is 6.07 Å². The first-order valence-electron chi connectivity index (χ1n) is 8.42. The predicted octanol–water partition coefficient (Wildman–Crippen LogP) is 5.54. The zero-order chi connectivity index (χ0) is 17.3. The van der Waals surface area contributed by atoms with Crippen molar-refractivity contribution in [1.82, 2.24) is 0 Å². The summed E-state index contributed by atoms with van der Waals surface area (Å²) in [5, 5.41) is 0. The van der Waals surface area contributed by atoms with Gasteiger partial charge in [-0.3, -0.25) is 0 Å². The van der Waals surface area contributed by atoms with E-state index in [0.29, 0.717) is 36.8 Å². The van der Waals surface area contributed by atoms with E-state index in [1.807, 2.05) is 6.92 Å². The van der Waals surface area contributed by atoms with E-state index in [-0.39, 0.29) is 17.9 Å². The molecule has 2 aromatic rings. The Kier molecular flexibility index (Phi) is 4.93. The van der Waals surface area contributed by atoms with Gasteiger partial charge in [0.15, 0.2) is 11.6 Å². The first-order valence-corrected chi connectivity index (χ1v) is 8.42. The summed E-state index contributed by atoms with van der Waals surface area (Å²) < 4.78 is 55.4. The molecule has 0 aliphatic heterocycles. The summed E-state index contributed by atoms with van der Waals surface area (Å²) >= 11 is 0. The average molecular weight is 336 g/mol. The molecule has 1 aliphatic carbocycles. The van der Waals surface area contributed by atoms with Crippen LogP contribution < -0.4 is 0 Å². The van der Waals surface area contributed by atoms with Crippen molar-refractivity contribution in [2.75, 3.05) is 0 Å². The van der Waals surface area contributed by atoms with Crippen LogP contribution in [0.15, 0.2) is 24.3 Å². The number of hydrogen-bond donors (Lipinski definition) is 0. The van der Waals surface area contributed by atoms with Crippen LogP contribution in [-0.4, -0.2) is 0 Å². The van der Waals surface area contributed by atoms with Gasteiger partial charge in [-0.25, -0.2) is 17.6 Å². The van der Waals surface area contributed by atoms with Gasteiger partial charge in [-0.05, 0) is 79.3 Å². The lowest BCUT2D eigenvalue weighted by molar-refractivity contribution is 0.399. The lowest BCUT2D eigenvalue weighted by Gasteiger charge is -2.25. The Hall–Kier alpha value is -1.84. The van der Waals surface area contributed by atoms with Crippen molar-refractivity contribution in [3.63, 3.8) is 0 Å². The zero-order valence-corrected chi connectivity index (χ0v) is 13.6. The fourth-order valence-corrected chi connectivity index (χ4v) is 3.53. The standard InChI is InChI=1S/C20H20F4/c1-2-12-10-18(22)15(19(23)11-12)7-4-13-3-5-14-6-8-17(21)20(24)16(14)9-13/h6,8,10-11,13H,2-5,7,9H2,1H3. The molecule has 0 radical (unpaired) electrons. The van der Waals surface area contributed by atoms with E-state index >= 15 is 0 Å². The Morgan fingerprint density at radius 1 is 1.00 bits per heavy atom. The molecule has 0 amide bonds. The average Bonchev–Trinajstić information content (AvgIpc) is 2.57. The van der Waals surface area contributed by atoms with Gasteiger partial charge in [0.05, 0.1) is 0 Å². The SMILES string of the molecule is CCc1cc(F)c(CCC2CCc3ccc(F)c(F)c3C2)c(F)c1. The molecule has 4 heteroatoms. The maximum Gasteiger partial charge on any atom is 0.162 e. The second kappa shape index (κ2) is 6.96. The Bertz CT molecular complexity index is 729. The third-order valence-corrected chi connectivity index (χ3v) is 5.02. The van der Waals surface area contributed by atoms with Gasteiger partial charge in [0.2, 0.25) is 0 Å². The molecular formula is C20H20F4. The van der Waals surface area contributed by atoms with Crippen molar-refractivity contribution in [1.29, 1.82) is 0 Å². The second-order valence-corrected chi connectivity index (χ2v) is 6.54. The van der Waals surface area contributed by atoms with E-state index < -0.39 is 23.3 Å². The number of fused-ring (bicyclic) bond motifs is 1. The van der Waals surface area contributed by atoms with Crippen LogP contribution in [0.25, 0.3) is 0 Å². The molecule has 0 heterocycles.